The number of aryl methyl sites for hydroxylation is 1. The number of hydrogen-bond donors (Lipinski definition) is 2. The summed E-state index contributed by atoms with van der Waals surface area (Å²) in [5.41, 5.74) is 2.29. The van der Waals surface area contributed by atoms with Crippen molar-refractivity contribution in [1.29, 1.82) is 0 Å². The number of amides is 1. The number of nitrogens with two attached hydrogens (primary N) is 1. The monoisotopic (exact) mass is 366 g/mol. The van der Waals surface area contributed by atoms with Crippen LogP contribution in [0, 0.1) is 13.8 Å². The summed E-state index contributed by atoms with van der Waals surface area (Å²) in [5.74, 6) is -0.382. The number of carbonyl (C=O) groups is 1. The van der Waals surface area contributed by atoms with Crippen molar-refractivity contribution in [3.05, 3.63) is 47.0 Å². The molecule has 1 heterocycles. The molecule has 0 atom stereocenters. The highest BCUT2D eigenvalue weighted by atomic mass is 32.2. The molecule has 1 aromatic heterocycles. The Bertz CT molecular complexity index is 874. The number of benzene rings is 1. The van der Waals surface area contributed by atoms with Crippen molar-refractivity contribution in [2.45, 2.75) is 31.8 Å². The second kappa shape index (κ2) is 7.77. The van der Waals surface area contributed by atoms with Gasteiger partial charge in [0.2, 0.25) is 10.0 Å². The van der Waals surface area contributed by atoms with Crippen molar-refractivity contribution in [3.8, 4) is 0 Å². The molecule has 0 aliphatic rings. The van der Waals surface area contributed by atoms with E-state index in [2.05, 4.69) is 10.3 Å². The summed E-state index contributed by atoms with van der Waals surface area (Å²) in [6, 6.07) is 2.94. The first-order valence-electron chi connectivity index (χ1n) is 7.64. The second-order valence-corrected chi connectivity index (χ2v) is 7.24. The van der Waals surface area contributed by atoms with Crippen LogP contribution in [-0.2, 0) is 27.8 Å². The Morgan fingerprint density at radius 1 is 1.36 bits per heavy atom. The highest BCUT2D eigenvalue weighted by Gasteiger charge is 2.17. The van der Waals surface area contributed by atoms with Gasteiger partial charge in [0.05, 0.1) is 30.1 Å². The molecule has 0 saturated carbocycles. The number of carbonyl (C=O) groups excluding carboxylic acids is 1. The van der Waals surface area contributed by atoms with Crippen LogP contribution in [0.3, 0.4) is 0 Å². The molecular formula is C16H22N4O4S. The number of hydrogen-bond acceptors (Lipinski definition) is 5. The topological polar surface area (TPSA) is 116 Å². The van der Waals surface area contributed by atoms with E-state index in [1.54, 1.807) is 39.5 Å². The first-order chi connectivity index (χ1) is 11.7. The Morgan fingerprint density at radius 3 is 2.72 bits per heavy atom. The highest BCUT2D eigenvalue weighted by molar-refractivity contribution is 7.89. The maximum absolute atomic E-state index is 12.4. The molecule has 2 aromatic rings. The summed E-state index contributed by atoms with van der Waals surface area (Å²) in [6.45, 7) is 4.82. The molecule has 0 aliphatic carbocycles. The molecular weight excluding hydrogens is 344 g/mol. The minimum atomic E-state index is -3.90. The number of ether oxygens (including phenoxy) is 1. The van der Waals surface area contributed by atoms with E-state index < -0.39 is 10.0 Å². The van der Waals surface area contributed by atoms with E-state index in [0.717, 1.165) is 5.69 Å². The molecule has 1 aromatic carbocycles. The fourth-order valence-corrected chi connectivity index (χ4v) is 3.29. The lowest BCUT2D eigenvalue weighted by Gasteiger charge is -2.12. The number of primary sulfonamides is 1. The molecule has 0 unspecified atom stereocenters. The van der Waals surface area contributed by atoms with Gasteiger partial charge in [-0.3, -0.25) is 4.79 Å². The van der Waals surface area contributed by atoms with E-state index in [1.165, 1.54) is 6.07 Å². The summed E-state index contributed by atoms with van der Waals surface area (Å²) < 4.78 is 30.3. The first kappa shape index (κ1) is 19.1. The van der Waals surface area contributed by atoms with Gasteiger partial charge in [-0.05, 0) is 37.1 Å². The zero-order valence-corrected chi connectivity index (χ0v) is 15.3. The van der Waals surface area contributed by atoms with E-state index in [4.69, 9.17) is 9.88 Å². The summed E-state index contributed by atoms with van der Waals surface area (Å²) in [6.07, 6.45) is 3.32. The maximum Gasteiger partial charge on any atom is 0.251 e. The molecule has 3 N–H and O–H groups in total. The smallest absolute Gasteiger partial charge is 0.251 e. The summed E-state index contributed by atoms with van der Waals surface area (Å²) in [7, 11) is -2.28. The number of nitrogens with zero attached hydrogens (tertiary/aromatic N) is 2. The molecule has 0 bridgehead atoms. The van der Waals surface area contributed by atoms with Gasteiger partial charge in [0.15, 0.2) is 0 Å². The standard InChI is InChI=1S/C16H22N4O4S/c1-11-6-13(7-15(12(11)2)25(17,22)23)16(21)19-9-14-8-18-10-20(14)4-5-24-3/h6-8,10H,4-5,9H2,1-3H3,(H,19,21)(H2,17,22,23). The number of sulfonamides is 1. The molecule has 25 heavy (non-hydrogen) atoms. The van der Waals surface area contributed by atoms with E-state index in [9.17, 15) is 13.2 Å². The Balaban J connectivity index is 2.17. The van der Waals surface area contributed by atoms with E-state index in [-0.39, 0.29) is 22.9 Å². The van der Waals surface area contributed by atoms with Crippen LogP contribution in [-0.4, -0.2) is 37.6 Å². The van der Waals surface area contributed by atoms with Gasteiger partial charge in [0, 0.05) is 25.4 Å². The van der Waals surface area contributed by atoms with Crippen molar-refractivity contribution in [2.75, 3.05) is 13.7 Å². The first-order valence-corrected chi connectivity index (χ1v) is 9.19. The summed E-state index contributed by atoms with van der Waals surface area (Å²) >= 11 is 0. The molecule has 0 radical (unpaired) electrons. The minimum Gasteiger partial charge on any atom is -0.383 e. The Hall–Kier alpha value is -2.23. The number of imidazole rings is 1. The normalized spacial score (nSPS) is 11.5. The van der Waals surface area contributed by atoms with Crippen molar-refractivity contribution in [1.82, 2.24) is 14.9 Å². The van der Waals surface area contributed by atoms with E-state index >= 15 is 0 Å². The maximum atomic E-state index is 12.4. The third-order valence-electron chi connectivity index (χ3n) is 3.95. The largest absolute Gasteiger partial charge is 0.383 e. The lowest BCUT2D eigenvalue weighted by Crippen LogP contribution is -2.25. The van der Waals surface area contributed by atoms with Gasteiger partial charge < -0.3 is 14.6 Å². The predicted octanol–water partition coefficient (Wildman–Crippen LogP) is 0.724. The van der Waals surface area contributed by atoms with Crippen LogP contribution < -0.4 is 10.5 Å². The highest BCUT2D eigenvalue weighted by Crippen LogP contribution is 2.20. The van der Waals surface area contributed by atoms with Gasteiger partial charge in [0.1, 0.15) is 0 Å². The van der Waals surface area contributed by atoms with Crippen LogP contribution in [0.25, 0.3) is 0 Å². The van der Waals surface area contributed by atoms with Crippen LogP contribution in [0.2, 0.25) is 0 Å². The third kappa shape index (κ3) is 4.65. The van der Waals surface area contributed by atoms with Crippen LogP contribution in [0.1, 0.15) is 27.2 Å². The number of aromatic nitrogens is 2. The molecule has 0 fully saturated rings. The Morgan fingerprint density at radius 2 is 2.08 bits per heavy atom. The van der Waals surface area contributed by atoms with Gasteiger partial charge in [-0.15, -0.1) is 0 Å². The quantitative estimate of drug-likeness (QED) is 0.749. The van der Waals surface area contributed by atoms with Gasteiger partial charge in [0.25, 0.3) is 5.91 Å². The average molecular weight is 366 g/mol. The van der Waals surface area contributed by atoms with Crippen molar-refractivity contribution in [2.24, 2.45) is 5.14 Å². The van der Waals surface area contributed by atoms with Crippen molar-refractivity contribution >= 4 is 15.9 Å². The van der Waals surface area contributed by atoms with Crippen LogP contribution in [0.5, 0.6) is 0 Å². The van der Waals surface area contributed by atoms with Gasteiger partial charge in [-0.1, -0.05) is 0 Å². The van der Waals surface area contributed by atoms with E-state index in [0.29, 0.717) is 24.3 Å². The lowest BCUT2D eigenvalue weighted by atomic mass is 10.1. The zero-order chi connectivity index (χ0) is 18.6. The molecule has 0 saturated heterocycles. The predicted molar refractivity (Wildman–Crippen MR) is 92.6 cm³/mol. The average Bonchev–Trinajstić information content (AvgIpc) is 2.99. The molecule has 136 valence electrons. The zero-order valence-electron chi connectivity index (χ0n) is 14.4. The molecule has 0 aliphatic heterocycles. The van der Waals surface area contributed by atoms with Crippen molar-refractivity contribution in [3.63, 3.8) is 0 Å². The fourth-order valence-electron chi connectivity index (χ4n) is 2.41. The lowest BCUT2D eigenvalue weighted by molar-refractivity contribution is 0.0949. The van der Waals surface area contributed by atoms with Gasteiger partial charge in [-0.25, -0.2) is 18.5 Å². The SMILES string of the molecule is COCCn1cncc1CNC(=O)c1cc(C)c(C)c(S(N)(=O)=O)c1. The number of methoxy groups -OCH3 is 1. The van der Waals surface area contributed by atoms with Crippen LogP contribution in [0.15, 0.2) is 29.6 Å². The molecule has 8 nitrogen and oxygen atoms in total. The third-order valence-corrected chi connectivity index (χ3v) is 4.99. The van der Waals surface area contributed by atoms with Gasteiger partial charge in [-0.2, -0.15) is 0 Å². The number of rotatable bonds is 7. The molecule has 9 heteroatoms. The molecule has 2 rings (SSSR count). The summed E-state index contributed by atoms with van der Waals surface area (Å²) in [5, 5.41) is 8.00. The summed E-state index contributed by atoms with van der Waals surface area (Å²) in [4.78, 5) is 16.4. The minimum absolute atomic E-state index is 0.0391. The van der Waals surface area contributed by atoms with Crippen molar-refractivity contribution < 1.29 is 17.9 Å². The fraction of sp³-hybridized carbons (Fsp3) is 0.375. The molecule has 0 spiro atoms. The van der Waals surface area contributed by atoms with Crippen LogP contribution in [0.4, 0.5) is 0 Å². The Kier molecular flexibility index (Phi) is 5.93. The van der Waals surface area contributed by atoms with E-state index in [1.807, 2.05) is 4.57 Å². The van der Waals surface area contributed by atoms with Crippen LogP contribution >= 0.6 is 0 Å². The Labute approximate surface area is 147 Å². The number of nitrogens with one attached hydrogen (secondary N) is 1. The second-order valence-electron chi connectivity index (χ2n) is 5.72. The molecule has 1 amide bonds. The van der Waals surface area contributed by atoms with Gasteiger partial charge >= 0.3 is 0 Å².